The number of carbonyl (C=O) groups is 3. The Morgan fingerprint density at radius 3 is 2.49 bits per heavy atom. The van der Waals surface area contributed by atoms with Crippen molar-refractivity contribution in [2.45, 2.75) is 32.5 Å². The minimum atomic E-state index is -0.813. The van der Waals surface area contributed by atoms with Crippen LogP contribution in [0.1, 0.15) is 32.7 Å². The van der Waals surface area contributed by atoms with Crippen molar-refractivity contribution in [2.75, 3.05) is 26.2 Å². The van der Waals surface area contributed by atoms with E-state index >= 15 is 0 Å². The number of hydrogen-bond donors (Lipinski definition) is 4. The third kappa shape index (κ3) is 6.72. The number of H-pyrrole nitrogens is 1. The van der Waals surface area contributed by atoms with Crippen molar-refractivity contribution < 1.29 is 14.4 Å². The summed E-state index contributed by atoms with van der Waals surface area (Å²) in [5, 5.41) is 6.87. The smallest absolute Gasteiger partial charge is 0.318 e. The molecular formula is C31H35N7O3. The van der Waals surface area contributed by atoms with Crippen molar-refractivity contribution in [1.29, 1.82) is 0 Å². The number of aromatic nitrogens is 2. The maximum Gasteiger partial charge on any atom is 0.318 e. The molecule has 0 bridgehead atoms. The number of carbonyl (C=O) groups excluding carboxylic acids is 3. The van der Waals surface area contributed by atoms with E-state index in [1.807, 2.05) is 73.8 Å². The maximum atomic E-state index is 13.4. The Balaban J connectivity index is 1.25. The fraction of sp³-hybridized carbons (Fsp3) is 0.290. The lowest BCUT2D eigenvalue weighted by atomic mass is 10.0. The summed E-state index contributed by atoms with van der Waals surface area (Å²) < 4.78 is 0. The highest BCUT2D eigenvalue weighted by atomic mass is 16.2. The standard InChI is InChI=1S/C31H35N7O3/c1-21-6-8-23(9-7-21)30(40)37-12-14-38(15-13-37)31(41)36-28(17-24-19-34-27-5-3-2-4-26(24)27)29(39)35-20-25-16-22(18-32)10-11-33-25/h2-11,16,19,28,34H,12-15,17-18,20,32H2,1H3,(H,35,39)(H,36,41). The fourth-order valence-corrected chi connectivity index (χ4v) is 5.01. The zero-order valence-electron chi connectivity index (χ0n) is 23.1. The number of pyridine rings is 1. The Morgan fingerprint density at radius 2 is 1.73 bits per heavy atom. The van der Waals surface area contributed by atoms with Crippen LogP contribution in [0.5, 0.6) is 0 Å². The summed E-state index contributed by atoms with van der Waals surface area (Å²) in [4.78, 5) is 50.6. The largest absolute Gasteiger partial charge is 0.361 e. The molecule has 3 heterocycles. The van der Waals surface area contributed by atoms with Crippen molar-refractivity contribution in [2.24, 2.45) is 5.73 Å². The summed E-state index contributed by atoms with van der Waals surface area (Å²) >= 11 is 0. The summed E-state index contributed by atoms with van der Waals surface area (Å²) in [6.07, 6.45) is 3.85. The van der Waals surface area contributed by atoms with Crippen molar-refractivity contribution in [3.63, 3.8) is 0 Å². The number of nitrogens with one attached hydrogen (secondary N) is 3. The van der Waals surface area contributed by atoms with E-state index in [0.717, 1.165) is 27.6 Å². The molecule has 1 aliphatic rings. The van der Waals surface area contributed by atoms with E-state index in [0.29, 0.717) is 50.4 Å². The van der Waals surface area contributed by atoms with E-state index in [2.05, 4.69) is 20.6 Å². The maximum absolute atomic E-state index is 13.4. The highest BCUT2D eigenvalue weighted by Gasteiger charge is 2.29. The first-order valence-corrected chi connectivity index (χ1v) is 13.8. The number of para-hydroxylation sites is 1. The topological polar surface area (TPSA) is 136 Å². The van der Waals surface area contributed by atoms with Gasteiger partial charge in [-0.1, -0.05) is 35.9 Å². The molecule has 2 aromatic carbocycles. The van der Waals surface area contributed by atoms with E-state index in [1.165, 1.54) is 0 Å². The Hall–Kier alpha value is -4.70. The molecular weight excluding hydrogens is 518 g/mol. The molecule has 0 saturated carbocycles. The average Bonchev–Trinajstić information content (AvgIpc) is 3.42. The number of aromatic amines is 1. The third-order valence-electron chi connectivity index (χ3n) is 7.43. The number of hydrogen-bond acceptors (Lipinski definition) is 5. The van der Waals surface area contributed by atoms with Crippen LogP contribution < -0.4 is 16.4 Å². The number of fused-ring (bicyclic) bond motifs is 1. The second kappa shape index (κ2) is 12.6. The number of nitrogens with two attached hydrogens (primary N) is 1. The number of aryl methyl sites for hydroxylation is 1. The fourth-order valence-electron chi connectivity index (χ4n) is 5.01. The molecule has 0 radical (unpaired) electrons. The van der Waals surface area contributed by atoms with Crippen LogP contribution in [-0.4, -0.2) is 69.8 Å². The lowest BCUT2D eigenvalue weighted by molar-refractivity contribution is -0.123. The summed E-state index contributed by atoms with van der Waals surface area (Å²) in [6, 6.07) is 17.9. The number of piperazine rings is 1. The molecule has 2 aromatic heterocycles. The molecule has 1 aliphatic heterocycles. The van der Waals surface area contributed by atoms with Gasteiger partial charge in [-0.3, -0.25) is 14.6 Å². The minimum Gasteiger partial charge on any atom is -0.361 e. The molecule has 41 heavy (non-hydrogen) atoms. The molecule has 212 valence electrons. The van der Waals surface area contributed by atoms with Gasteiger partial charge in [0, 0.05) is 68.0 Å². The monoisotopic (exact) mass is 553 g/mol. The van der Waals surface area contributed by atoms with Crippen LogP contribution in [0.25, 0.3) is 10.9 Å². The summed E-state index contributed by atoms with van der Waals surface area (Å²) in [6.45, 7) is 4.17. The second-order valence-electron chi connectivity index (χ2n) is 10.3. The molecule has 4 amide bonds. The van der Waals surface area contributed by atoms with Gasteiger partial charge in [0.25, 0.3) is 5.91 Å². The number of rotatable bonds is 8. The van der Waals surface area contributed by atoms with E-state index in [-0.39, 0.29) is 24.4 Å². The highest BCUT2D eigenvalue weighted by molar-refractivity contribution is 5.94. The number of urea groups is 1. The minimum absolute atomic E-state index is 0.0473. The molecule has 0 spiro atoms. The first kappa shape index (κ1) is 27.9. The van der Waals surface area contributed by atoms with Crippen LogP contribution in [0.15, 0.2) is 73.1 Å². The lowest BCUT2D eigenvalue weighted by Gasteiger charge is -2.35. The normalized spacial score (nSPS) is 14.1. The third-order valence-corrected chi connectivity index (χ3v) is 7.43. The SMILES string of the molecule is Cc1ccc(C(=O)N2CCN(C(=O)NC(Cc3c[nH]c4ccccc34)C(=O)NCc3cc(CN)ccn3)CC2)cc1. The first-order chi connectivity index (χ1) is 19.9. The Bertz CT molecular complexity index is 1520. The van der Waals surface area contributed by atoms with Crippen LogP contribution in [-0.2, 0) is 24.3 Å². The molecule has 0 aliphatic carbocycles. The van der Waals surface area contributed by atoms with Crippen LogP contribution in [0.3, 0.4) is 0 Å². The van der Waals surface area contributed by atoms with Gasteiger partial charge in [-0.05, 0) is 48.4 Å². The van der Waals surface area contributed by atoms with E-state index in [4.69, 9.17) is 5.73 Å². The van der Waals surface area contributed by atoms with E-state index in [1.54, 1.807) is 16.0 Å². The molecule has 1 atom stereocenters. The molecule has 10 heteroatoms. The van der Waals surface area contributed by atoms with Gasteiger partial charge < -0.3 is 31.2 Å². The van der Waals surface area contributed by atoms with Crippen LogP contribution in [0, 0.1) is 6.92 Å². The number of amides is 4. The predicted octanol–water partition coefficient (Wildman–Crippen LogP) is 2.73. The van der Waals surface area contributed by atoms with Gasteiger partial charge in [0.2, 0.25) is 5.91 Å². The van der Waals surface area contributed by atoms with Crippen molar-refractivity contribution in [1.82, 2.24) is 30.4 Å². The van der Waals surface area contributed by atoms with Crippen molar-refractivity contribution in [3.05, 3.63) is 101 Å². The molecule has 10 nitrogen and oxygen atoms in total. The zero-order chi connectivity index (χ0) is 28.8. The molecule has 5 N–H and O–H groups in total. The Labute approximate surface area is 238 Å². The number of nitrogens with zero attached hydrogens (tertiary/aromatic N) is 3. The van der Waals surface area contributed by atoms with Gasteiger partial charge in [0.05, 0.1) is 12.2 Å². The van der Waals surface area contributed by atoms with Gasteiger partial charge in [-0.15, -0.1) is 0 Å². The van der Waals surface area contributed by atoms with E-state index < -0.39 is 6.04 Å². The number of benzene rings is 2. The molecule has 1 saturated heterocycles. The molecule has 1 fully saturated rings. The van der Waals surface area contributed by atoms with Crippen LogP contribution in [0.2, 0.25) is 0 Å². The second-order valence-corrected chi connectivity index (χ2v) is 10.3. The van der Waals surface area contributed by atoms with Crippen LogP contribution in [0.4, 0.5) is 4.79 Å². The van der Waals surface area contributed by atoms with Crippen LogP contribution >= 0.6 is 0 Å². The molecule has 5 rings (SSSR count). The summed E-state index contributed by atoms with van der Waals surface area (Å²) in [7, 11) is 0. The van der Waals surface area contributed by atoms with E-state index in [9.17, 15) is 14.4 Å². The van der Waals surface area contributed by atoms with Gasteiger partial charge in [-0.2, -0.15) is 0 Å². The predicted molar refractivity (Wildman–Crippen MR) is 157 cm³/mol. The Morgan fingerprint density at radius 1 is 1.00 bits per heavy atom. The van der Waals surface area contributed by atoms with Crippen molar-refractivity contribution in [3.8, 4) is 0 Å². The van der Waals surface area contributed by atoms with Gasteiger partial charge >= 0.3 is 6.03 Å². The van der Waals surface area contributed by atoms with Gasteiger partial charge in [0.15, 0.2) is 0 Å². The summed E-state index contributed by atoms with van der Waals surface area (Å²) in [5.74, 6) is -0.356. The van der Waals surface area contributed by atoms with Crippen molar-refractivity contribution >= 4 is 28.7 Å². The van der Waals surface area contributed by atoms with Gasteiger partial charge in [-0.25, -0.2) is 4.79 Å². The molecule has 1 unspecified atom stereocenters. The Kier molecular flexibility index (Phi) is 8.59. The quantitative estimate of drug-likeness (QED) is 0.266. The average molecular weight is 554 g/mol. The highest BCUT2D eigenvalue weighted by Crippen LogP contribution is 2.19. The molecule has 4 aromatic rings. The first-order valence-electron chi connectivity index (χ1n) is 13.8. The zero-order valence-corrected chi connectivity index (χ0v) is 23.1. The summed E-state index contributed by atoms with van der Waals surface area (Å²) in [5.41, 5.74) is 11.0. The lowest BCUT2D eigenvalue weighted by Crippen LogP contribution is -2.57. The van der Waals surface area contributed by atoms with Gasteiger partial charge in [0.1, 0.15) is 6.04 Å².